The third kappa shape index (κ3) is 7.21. The molecule has 1 aromatic carbocycles. The first kappa shape index (κ1) is 26.1. The molecule has 1 aromatic heterocycles. The van der Waals surface area contributed by atoms with E-state index < -0.39 is 22.0 Å². The van der Waals surface area contributed by atoms with Crippen LogP contribution in [-0.4, -0.2) is 49.9 Å². The molecule has 184 valence electrons. The maximum atomic E-state index is 14.7. The zero-order valence-electron chi connectivity index (χ0n) is 19.5. The molecule has 33 heavy (non-hydrogen) atoms. The standard InChI is InChI=1S/C24H35F2N3O3S/c1-23(2,33-14-8-4-3-6-12-31-22-9-5-7-13-32-22)24(30,16-29-18-27-17-28-29)20-11-10-19(25)15-21(20)26/h10-11,15,17-18,22,30H,3-9,12-14,16H2,1-2H3. The van der Waals surface area contributed by atoms with E-state index >= 15 is 0 Å². The zero-order chi connectivity index (χ0) is 23.7. The van der Waals surface area contributed by atoms with Gasteiger partial charge in [-0.3, -0.25) is 0 Å². The van der Waals surface area contributed by atoms with Crippen molar-refractivity contribution < 1.29 is 23.4 Å². The van der Waals surface area contributed by atoms with Crippen molar-refractivity contribution in [2.24, 2.45) is 0 Å². The van der Waals surface area contributed by atoms with E-state index in [9.17, 15) is 13.9 Å². The average Bonchev–Trinajstić information content (AvgIpc) is 3.29. The van der Waals surface area contributed by atoms with Crippen LogP contribution < -0.4 is 0 Å². The van der Waals surface area contributed by atoms with Gasteiger partial charge in [0.2, 0.25) is 0 Å². The highest BCUT2D eigenvalue weighted by Crippen LogP contribution is 2.45. The molecule has 6 nitrogen and oxygen atoms in total. The summed E-state index contributed by atoms with van der Waals surface area (Å²) in [5.41, 5.74) is -1.56. The van der Waals surface area contributed by atoms with Gasteiger partial charge in [-0.15, -0.1) is 0 Å². The molecule has 9 heteroatoms. The molecule has 0 saturated carbocycles. The molecule has 2 atom stereocenters. The molecule has 1 saturated heterocycles. The summed E-state index contributed by atoms with van der Waals surface area (Å²) < 4.78 is 40.3. The Morgan fingerprint density at radius 3 is 2.73 bits per heavy atom. The number of thioether (sulfide) groups is 1. The first-order valence-electron chi connectivity index (χ1n) is 11.7. The number of aromatic nitrogens is 3. The highest BCUT2D eigenvalue weighted by Gasteiger charge is 2.47. The van der Waals surface area contributed by atoms with Gasteiger partial charge in [-0.2, -0.15) is 16.9 Å². The second-order valence-electron chi connectivity index (χ2n) is 9.02. The number of aliphatic hydroxyl groups is 1. The van der Waals surface area contributed by atoms with Crippen molar-refractivity contribution in [1.82, 2.24) is 14.8 Å². The number of unbranched alkanes of at least 4 members (excludes halogenated alkanes) is 3. The van der Waals surface area contributed by atoms with Crippen LogP contribution in [0, 0.1) is 11.6 Å². The minimum absolute atomic E-state index is 0.0100. The van der Waals surface area contributed by atoms with Crippen LogP contribution >= 0.6 is 11.8 Å². The molecule has 0 bridgehead atoms. The molecule has 1 fully saturated rings. The van der Waals surface area contributed by atoms with Gasteiger partial charge in [-0.1, -0.05) is 18.9 Å². The summed E-state index contributed by atoms with van der Waals surface area (Å²) in [5, 5.41) is 15.8. The Bertz CT molecular complexity index is 847. The van der Waals surface area contributed by atoms with E-state index in [1.165, 1.54) is 35.9 Å². The van der Waals surface area contributed by atoms with Crippen molar-refractivity contribution >= 4 is 11.8 Å². The monoisotopic (exact) mass is 483 g/mol. The Kier molecular flexibility index (Phi) is 9.67. The number of ether oxygens (including phenoxy) is 2. The topological polar surface area (TPSA) is 69.4 Å². The Hall–Kier alpha value is -1.55. The van der Waals surface area contributed by atoms with Crippen LogP contribution in [0.5, 0.6) is 0 Å². The lowest BCUT2D eigenvalue weighted by Gasteiger charge is -2.42. The van der Waals surface area contributed by atoms with Gasteiger partial charge in [0.25, 0.3) is 0 Å². The van der Waals surface area contributed by atoms with Crippen LogP contribution in [0.4, 0.5) is 8.78 Å². The van der Waals surface area contributed by atoms with Gasteiger partial charge >= 0.3 is 0 Å². The van der Waals surface area contributed by atoms with E-state index in [1.54, 1.807) is 11.8 Å². The molecule has 0 spiro atoms. The van der Waals surface area contributed by atoms with E-state index in [-0.39, 0.29) is 18.4 Å². The van der Waals surface area contributed by atoms with Crippen molar-refractivity contribution in [2.45, 2.75) is 82.0 Å². The van der Waals surface area contributed by atoms with Gasteiger partial charge < -0.3 is 14.6 Å². The number of hydrogen-bond donors (Lipinski definition) is 1. The van der Waals surface area contributed by atoms with Crippen molar-refractivity contribution in [3.8, 4) is 0 Å². The molecule has 1 aliphatic rings. The number of nitrogens with zero attached hydrogens (tertiary/aromatic N) is 3. The van der Waals surface area contributed by atoms with Crippen molar-refractivity contribution in [3.63, 3.8) is 0 Å². The SMILES string of the molecule is CC(C)(SCCCCCCOC1CCCCO1)C(O)(Cn1cncn1)c1ccc(F)cc1F. The first-order valence-corrected chi connectivity index (χ1v) is 12.7. The van der Waals surface area contributed by atoms with E-state index in [0.717, 1.165) is 57.0 Å². The van der Waals surface area contributed by atoms with E-state index in [1.807, 2.05) is 13.8 Å². The van der Waals surface area contributed by atoms with Gasteiger partial charge in [-0.05, 0) is 57.8 Å². The Morgan fingerprint density at radius 1 is 1.21 bits per heavy atom. The summed E-state index contributed by atoms with van der Waals surface area (Å²) in [5.74, 6) is -0.640. The third-order valence-electron chi connectivity index (χ3n) is 6.17. The van der Waals surface area contributed by atoms with Crippen LogP contribution in [0.15, 0.2) is 30.9 Å². The molecule has 0 amide bonds. The largest absolute Gasteiger partial charge is 0.382 e. The maximum absolute atomic E-state index is 14.7. The molecule has 2 heterocycles. The third-order valence-corrected chi connectivity index (χ3v) is 7.73. The summed E-state index contributed by atoms with van der Waals surface area (Å²) in [6, 6.07) is 3.30. The summed E-state index contributed by atoms with van der Waals surface area (Å²) >= 11 is 1.58. The summed E-state index contributed by atoms with van der Waals surface area (Å²) in [7, 11) is 0. The molecular weight excluding hydrogens is 448 g/mol. The molecule has 0 aliphatic carbocycles. The first-order chi connectivity index (χ1) is 15.8. The van der Waals surface area contributed by atoms with Gasteiger partial charge in [-0.25, -0.2) is 18.4 Å². The minimum atomic E-state index is -1.61. The van der Waals surface area contributed by atoms with Crippen LogP contribution in [0.2, 0.25) is 0 Å². The summed E-state index contributed by atoms with van der Waals surface area (Å²) in [6.07, 6.45) is 10.2. The summed E-state index contributed by atoms with van der Waals surface area (Å²) in [4.78, 5) is 3.92. The Morgan fingerprint density at radius 2 is 2.03 bits per heavy atom. The normalized spacial score (nSPS) is 18.9. The Balaban J connectivity index is 1.51. The fraction of sp³-hybridized carbons (Fsp3) is 0.667. The van der Waals surface area contributed by atoms with E-state index in [4.69, 9.17) is 9.47 Å². The molecule has 1 N–H and O–H groups in total. The van der Waals surface area contributed by atoms with Crippen molar-refractivity contribution in [3.05, 3.63) is 48.1 Å². The van der Waals surface area contributed by atoms with Crippen LogP contribution in [0.3, 0.4) is 0 Å². The van der Waals surface area contributed by atoms with Crippen LogP contribution in [0.1, 0.15) is 64.4 Å². The highest BCUT2D eigenvalue weighted by molar-refractivity contribution is 8.00. The predicted molar refractivity (Wildman–Crippen MR) is 125 cm³/mol. The zero-order valence-corrected chi connectivity index (χ0v) is 20.3. The number of hydrogen-bond acceptors (Lipinski definition) is 6. The molecule has 2 aromatic rings. The van der Waals surface area contributed by atoms with Gasteiger partial charge in [0.05, 0.1) is 6.54 Å². The van der Waals surface area contributed by atoms with E-state index in [2.05, 4.69) is 10.1 Å². The average molecular weight is 484 g/mol. The molecule has 0 radical (unpaired) electrons. The minimum Gasteiger partial charge on any atom is -0.382 e. The number of halogens is 2. The van der Waals surface area contributed by atoms with Crippen molar-refractivity contribution in [1.29, 1.82) is 0 Å². The lowest BCUT2D eigenvalue weighted by molar-refractivity contribution is -0.162. The second-order valence-corrected chi connectivity index (χ2v) is 10.7. The van der Waals surface area contributed by atoms with Crippen LogP contribution in [0.25, 0.3) is 0 Å². The predicted octanol–water partition coefficient (Wildman–Crippen LogP) is 5.06. The highest BCUT2D eigenvalue weighted by atomic mass is 32.2. The second kappa shape index (κ2) is 12.2. The van der Waals surface area contributed by atoms with Gasteiger partial charge in [0, 0.05) is 29.6 Å². The van der Waals surface area contributed by atoms with E-state index in [0.29, 0.717) is 6.61 Å². The molecular formula is C24H35F2N3O3S. The fourth-order valence-corrected chi connectivity index (χ4v) is 5.31. The molecule has 3 rings (SSSR count). The number of rotatable bonds is 13. The van der Waals surface area contributed by atoms with Crippen molar-refractivity contribution in [2.75, 3.05) is 19.0 Å². The molecule has 1 aliphatic heterocycles. The lowest BCUT2D eigenvalue weighted by Crippen LogP contribution is -2.49. The quantitative estimate of drug-likeness (QED) is 0.402. The smallest absolute Gasteiger partial charge is 0.157 e. The number of benzene rings is 1. The summed E-state index contributed by atoms with van der Waals surface area (Å²) in [6.45, 7) is 5.29. The lowest BCUT2D eigenvalue weighted by atomic mass is 9.82. The molecule has 2 unspecified atom stereocenters. The Labute approximate surface area is 199 Å². The van der Waals surface area contributed by atoms with Crippen LogP contribution in [-0.2, 0) is 21.6 Å². The van der Waals surface area contributed by atoms with Gasteiger partial charge in [0.15, 0.2) is 6.29 Å². The fourth-order valence-electron chi connectivity index (χ4n) is 4.04. The maximum Gasteiger partial charge on any atom is 0.157 e. The van der Waals surface area contributed by atoms with Gasteiger partial charge in [0.1, 0.15) is 29.9 Å².